The van der Waals surface area contributed by atoms with Crippen molar-refractivity contribution in [3.8, 4) is 5.75 Å². The molecule has 3 rings (SSSR count). The Bertz CT molecular complexity index is 677. The van der Waals surface area contributed by atoms with E-state index in [-0.39, 0.29) is 5.56 Å². The number of alkyl halides is 3. The molecule has 4 atom stereocenters. The Morgan fingerprint density at radius 3 is 2.57 bits per heavy atom. The van der Waals surface area contributed by atoms with Crippen LogP contribution in [0, 0.1) is 17.6 Å². The van der Waals surface area contributed by atoms with Crippen LogP contribution in [0.25, 0.3) is 0 Å². The predicted octanol–water partition coefficient (Wildman–Crippen LogP) is 2.26. The van der Waals surface area contributed by atoms with Gasteiger partial charge in [0.15, 0.2) is 17.2 Å². The lowest BCUT2D eigenvalue weighted by molar-refractivity contribution is -0.275. The molecule has 9 heteroatoms. The lowest BCUT2D eigenvalue weighted by Gasteiger charge is -2.36. The summed E-state index contributed by atoms with van der Waals surface area (Å²) >= 11 is 0. The molecule has 0 saturated carbocycles. The van der Waals surface area contributed by atoms with E-state index in [1.807, 2.05) is 0 Å². The number of halogens is 5. The van der Waals surface area contributed by atoms with Crippen molar-refractivity contribution < 1.29 is 36.2 Å². The van der Waals surface area contributed by atoms with E-state index in [0.717, 1.165) is 19.1 Å². The summed E-state index contributed by atoms with van der Waals surface area (Å²) < 4.78 is 77.3. The maximum Gasteiger partial charge on any atom is 0.417 e. The maximum atomic E-state index is 13.8. The van der Waals surface area contributed by atoms with Gasteiger partial charge in [0, 0.05) is 17.4 Å². The molecule has 0 unspecified atom stereocenters. The van der Waals surface area contributed by atoms with Crippen molar-refractivity contribution in [3.05, 3.63) is 29.3 Å². The SMILES string of the molecule is C[C@@]1(C(F)(F)F)O[C@@H](C(N)=O)[C@@H]2c3ccc(F)c(F)c3OC[C@@H]21. The van der Waals surface area contributed by atoms with Gasteiger partial charge in [-0.15, -0.1) is 0 Å². The summed E-state index contributed by atoms with van der Waals surface area (Å²) in [5.41, 5.74) is 2.42. The van der Waals surface area contributed by atoms with Crippen molar-refractivity contribution in [2.45, 2.75) is 30.7 Å². The summed E-state index contributed by atoms with van der Waals surface area (Å²) in [6, 6.07) is 1.85. The Balaban J connectivity index is 2.16. The van der Waals surface area contributed by atoms with Gasteiger partial charge in [-0.2, -0.15) is 17.6 Å². The van der Waals surface area contributed by atoms with Crippen LogP contribution in [0.2, 0.25) is 0 Å². The first-order chi connectivity index (χ1) is 10.6. The average Bonchev–Trinajstić information content (AvgIpc) is 2.78. The molecule has 126 valence electrons. The molecular formula is C14H12F5NO3. The maximum absolute atomic E-state index is 13.8. The van der Waals surface area contributed by atoms with E-state index < -0.39 is 59.6 Å². The quantitative estimate of drug-likeness (QED) is 0.800. The Kier molecular flexibility index (Phi) is 3.33. The van der Waals surface area contributed by atoms with Gasteiger partial charge in [-0.05, 0) is 13.0 Å². The number of primary amides is 1. The van der Waals surface area contributed by atoms with E-state index in [2.05, 4.69) is 0 Å². The zero-order valence-corrected chi connectivity index (χ0v) is 11.8. The third-order valence-electron chi connectivity index (χ3n) is 4.53. The van der Waals surface area contributed by atoms with Gasteiger partial charge < -0.3 is 15.2 Å². The molecule has 2 aliphatic rings. The fourth-order valence-electron chi connectivity index (χ4n) is 3.26. The van der Waals surface area contributed by atoms with Crippen LogP contribution in [0.15, 0.2) is 12.1 Å². The van der Waals surface area contributed by atoms with Crippen LogP contribution in [0.4, 0.5) is 22.0 Å². The van der Waals surface area contributed by atoms with Gasteiger partial charge in [0.25, 0.3) is 0 Å². The Morgan fingerprint density at radius 1 is 1.35 bits per heavy atom. The molecular weight excluding hydrogens is 325 g/mol. The van der Waals surface area contributed by atoms with Gasteiger partial charge in [-0.3, -0.25) is 4.79 Å². The standard InChI is InChI=1S/C14H12F5NO3/c1-13(14(17,18)19)6-4-22-10-5(2-3-7(15)9(10)16)8(6)11(23-13)12(20)21/h2-3,6,8,11H,4H2,1H3,(H2,20,21)/t6-,8+,11+,13+/m0/s1. The lowest BCUT2D eigenvalue weighted by atomic mass is 9.75. The van der Waals surface area contributed by atoms with E-state index in [1.165, 1.54) is 0 Å². The molecule has 1 aromatic rings. The van der Waals surface area contributed by atoms with E-state index in [1.54, 1.807) is 0 Å². The fourth-order valence-corrected chi connectivity index (χ4v) is 3.26. The average molecular weight is 337 g/mol. The molecule has 1 amide bonds. The fraction of sp³-hybridized carbons (Fsp3) is 0.500. The number of carbonyl (C=O) groups is 1. The molecule has 2 aliphatic heterocycles. The number of rotatable bonds is 1. The highest BCUT2D eigenvalue weighted by Crippen LogP contribution is 2.56. The Labute approximate surface area is 127 Å². The van der Waals surface area contributed by atoms with Crippen LogP contribution in [0.5, 0.6) is 5.75 Å². The van der Waals surface area contributed by atoms with Gasteiger partial charge in [0.1, 0.15) is 6.10 Å². The van der Waals surface area contributed by atoms with Gasteiger partial charge in [-0.1, -0.05) is 6.07 Å². The topological polar surface area (TPSA) is 61.5 Å². The summed E-state index contributed by atoms with van der Waals surface area (Å²) in [5, 5.41) is 0. The van der Waals surface area contributed by atoms with Crippen LogP contribution in [0.1, 0.15) is 18.4 Å². The third kappa shape index (κ3) is 2.09. The second kappa shape index (κ2) is 4.80. The first-order valence-electron chi connectivity index (χ1n) is 6.72. The first kappa shape index (κ1) is 16.0. The number of benzene rings is 1. The minimum absolute atomic E-state index is 0.0584. The second-order valence-corrected chi connectivity index (χ2v) is 5.77. The minimum Gasteiger partial charge on any atom is -0.490 e. The molecule has 0 spiro atoms. The number of nitrogens with two attached hydrogens (primary N) is 1. The monoisotopic (exact) mass is 337 g/mol. The molecule has 1 fully saturated rings. The summed E-state index contributed by atoms with van der Waals surface area (Å²) in [5.74, 6) is -6.60. The van der Waals surface area contributed by atoms with Gasteiger partial charge in [0.2, 0.25) is 11.7 Å². The second-order valence-electron chi connectivity index (χ2n) is 5.77. The molecule has 2 heterocycles. The van der Waals surface area contributed by atoms with Crippen LogP contribution >= 0.6 is 0 Å². The largest absolute Gasteiger partial charge is 0.490 e. The lowest BCUT2D eigenvalue weighted by Crippen LogP contribution is -2.50. The zero-order chi connectivity index (χ0) is 17.2. The zero-order valence-electron chi connectivity index (χ0n) is 11.8. The van der Waals surface area contributed by atoms with Gasteiger partial charge >= 0.3 is 6.18 Å². The summed E-state index contributed by atoms with van der Waals surface area (Å²) in [6.45, 7) is 0.222. The number of carbonyl (C=O) groups excluding carboxylic acids is 1. The van der Waals surface area contributed by atoms with Crippen molar-refractivity contribution in [2.75, 3.05) is 6.61 Å². The van der Waals surface area contributed by atoms with Crippen molar-refractivity contribution in [3.63, 3.8) is 0 Å². The number of fused-ring (bicyclic) bond motifs is 3. The van der Waals surface area contributed by atoms with Crippen molar-refractivity contribution in [1.29, 1.82) is 0 Å². The van der Waals surface area contributed by atoms with Crippen molar-refractivity contribution in [1.82, 2.24) is 0 Å². The summed E-state index contributed by atoms with van der Waals surface area (Å²) in [7, 11) is 0. The van der Waals surface area contributed by atoms with E-state index in [4.69, 9.17) is 15.2 Å². The smallest absolute Gasteiger partial charge is 0.417 e. The molecule has 0 aliphatic carbocycles. The highest BCUT2D eigenvalue weighted by Gasteiger charge is 2.68. The third-order valence-corrected chi connectivity index (χ3v) is 4.53. The number of hydrogen-bond acceptors (Lipinski definition) is 3. The number of ether oxygens (including phenoxy) is 2. The molecule has 0 aromatic heterocycles. The predicted molar refractivity (Wildman–Crippen MR) is 66.6 cm³/mol. The minimum atomic E-state index is -4.79. The molecule has 4 nitrogen and oxygen atoms in total. The van der Waals surface area contributed by atoms with Crippen LogP contribution in [-0.4, -0.2) is 30.4 Å². The summed E-state index contributed by atoms with van der Waals surface area (Å²) in [6.07, 6.45) is -6.40. The highest BCUT2D eigenvalue weighted by molar-refractivity contribution is 5.81. The van der Waals surface area contributed by atoms with Crippen LogP contribution in [0.3, 0.4) is 0 Å². The molecule has 1 aromatic carbocycles. The van der Waals surface area contributed by atoms with Crippen LogP contribution < -0.4 is 10.5 Å². The van der Waals surface area contributed by atoms with Crippen molar-refractivity contribution in [2.24, 2.45) is 11.7 Å². The molecule has 2 N–H and O–H groups in total. The van der Waals surface area contributed by atoms with Gasteiger partial charge in [-0.25, -0.2) is 4.39 Å². The van der Waals surface area contributed by atoms with Crippen LogP contribution in [-0.2, 0) is 9.53 Å². The molecule has 0 radical (unpaired) electrons. The van der Waals surface area contributed by atoms with E-state index in [0.29, 0.717) is 0 Å². The number of hydrogen-bond donors (Lipinski definition) is 1. The van der Waals surface area contributed by atoms with Crippen molar-refractivity contribution >= 4 is 5.91 Å². The number of amides is 1. The van der Waals surface area contributed by atoms with E-state index in [9.17, 15) is 26.7 Å². The first-order valence-corrected chi connectivity index (χ1v) is 6.72. The van der Waals surface area contributed by atoms with E-state index >= 15 is 0 Å². The molecule has 23 heavy (non-hydrogen) atoms. The molecule has 0 bridgehead atoms. The molecule has 1 saturated heterocycles. The normalized spacial score (nSPS) is 32.9. The highest BCUT2D eigenvalue weighted by atomic mass is 19.4. The van der Waals surface area contributed by atoms with Gasteiger partial charge in [0.05, 0.1) is 6.61 Å². The Hall–Kier alpha value is -1.90. The Morgan fingerprint density at radius 2 is 2.00 bits per heavy atom. The summed E-state index contributed by atoms with van der Waals surface area (Å²) in [4.78, 5) is 11.6.